The summed E-state index contributed by atoms with van der Waals surface area (Å²) in [5, 5.41) is 2.60. The molecule has 0 aliphatic carbocycles. The smallest absolute Gasteiger partial charge is 0.212 e. The number of benzene rings is 1. The molecule has 0 aliphatic rings. The van der Waals surface area contributed by atoms with Crippen LogP contribution in [0.25, 0.3) is 21.7 Å². The molecule has 0 radical (unpaired) electrons. The maximum Gasteiger partial charge on any atom is 0.212 e. The van der Waals surface area contributed by atoms with Crippen LogP contribution in [0.1, 0.15) is 13.8 Å². The van der Waals surface area contributed by atoms with Crippen molar-refractivity contribution in [2.75, 3.05) is 7.11 Å². The van der Waals surface area contributed by atoms with E-state index in [0.717, 1.165) is 5.39 Å². The highest BCUT2D eigenvalue weighted by atomic mass is 35.5. The maximum absolute atomic E-state index is 12.5. The lowest BCUT2D eigenvalue weighted by Crippen LogP contribution is -2.00. The van der Waals surface area contributed by atoms with E-state index in [9.17, 15) is 4.79 Å². The largest absolute Gasteiger partial charge is 0.496 e. The molecule has 0 fully saturated rings. The SMILES string of the molecule is CC.COc1cc2cc(Cl)ccc2c(=O)c2ncccc12. The Morgan fingerprint density at radius 1 is 1.10 bits per heavy atom. The summed E-state index contributed by atoms with van der Waals surface area (Å²) in [5.41, 5.74) is 0.280. The summed E-state index contributed by atoms with van der Waals surface area (Å²) in [6.07, 6.45) is 1.60. The molecule has 1 aromatic heterocycles. The highest BCUT2D eigenvalue weighted by Gasteiger charge is 2.08. The Bertz CT molecular complexity index is 847. The topological polar surface area (TPSA) is 39.2 Å². The third kappa shape index (κ3) is 2.83. The molecule has 2 aromatic carbocycles. The number of halogens is 1. The van der Waals surface area contributed by atoms with Crippen molar-refractivity contribution < 1.29 is 4.74 Å². The molecule has 0 N–H and O–H groups in total. The molecule has 4 heteroatoms. The minimum atomic E-state index is -0.120. The minimum Gasteiger partial charge on any atom is -0.496 e. The molecule has 3 nitrogen and oxygen atoms in total. The molecule has 0 bridgehead atoms. The van der Waals surface area contributed by atoms with Gasteiger partial charge in [-0.05, 0) is 41.8 Å². The van der Waals surface area contributed by atoms with Crippen LogP contribution in [0.2, 0.25) is 5.02 Å². The molecule has 0 aliphatic heterocycles. The zero-order valence-corrected chi connectivity index (χ0v) is 12.9. The van der Waals surface area contributed by atoms with Crippen LogP contribution in [0.5, 0.6) is 5.75 Å². The third-order valence-corrected chi connectivity index (χ3v) is 3.29. The number of hydrogen-bond donors (Lipinski definition) is 0. The summed E-state index contributed by atoms with van der Waals surface area (Å²) in [7, 11) is 1.57. The van der Waals surface area contributed by atoms with Gasteiger partial charge in [-0.15, -0.1) is 0 Å². The Kier molecular flexibility index (Phi) is 4.76. The first-order chi connectivity index (χ1) is 10.2. The van der Waals surface area contributed by atoms with Gasteiger partial charge in [-0.25, -0.2) is 0 Å². The molecule has 108 valence electrons. The molecule has 0 amide bonds. The highest BCUT2D eigenvalue weighted by molar-refractivity contribution is 6.31. The fraction of sp³-hybridized carbons (Fsp3) is 0.176. The number of ether oxygens (including phenoxy) is 1. The number of nitrogens with zero attached hydrogens (tertiary/aromatic N) is 1. The summed E-state index contributed by atoms with van der Waals surface area (Å²) < 4.78 is 5.37. The van der Waals surface area contributed by atoms with Crippen molar-refractivity contribution in [2.24, 2.45) is 0 Å². The average Bonchev–Trinajstić information content (AvgIpc) is 2.65. The van der Waals surface area contributed by atoms with Gasteiger partial charge >= 0.3 is 0 Å². The van der Waals surface area contributed by atoms with E-state index >= 15 is 0 Å². The van der Waals surface area contributed by atoms with Gasteiger partial charge in [-0.1, -0.05) is 25.4 Å². The van der Waals surface area contributed by atoms with Crippen LogP contribution >= 0.6 is 11.6 Å². The van der Waals surface area contributed by atoms with E-state index in [1.807, 2.05) is 26.0 Å². The Morgan fingerprint density at radius 2 is 1.86 bits per heavy atom. The van der Waals surface area contributed by atoms with Crippen LogP contribution in [-0.4, -0.2) is 12.1 Å². The molecular weight excluding hydrogens is 286 g/mol. The summed E-state index contributed by atoms with van der Waals surface area (Å²) in [5.74, 6) is 0.609. The van der Waals surface area contributed by atoms with Crippen molar-refractivity contribution >= 4 is 33.3 Å². The lowest BCUT2D eigenvalue weighted by atomic mass is 10.2. The first kappa shape index (κ1) is 15.3. The molecule has 0 spiro atoms. The lowest BCUT2D eigenvalue weighted by Gasteiger charge is -1.99. The predicted molar refractivity (Wildman–Crippen MR) is 88.4 cm³/mol. The first-order valence-electron chi connectivity index (χ1n) is 6.76. The van der Waals surface area contributed by atoms with Gasteiger partial charge in [0.1, 0.15) is 11.3 Å². The van der Waals surface area contributed by atoms with Gasteiger partial charge in [0.05, 0.1) is 7.11 Å². The van der Waals surface area contributed by atoms with E-state index in [2.05, 4.69) is 4.98 Å². The van der Waals surface area contributed by atoms with Gasteiger partial charge in [-0.3, -0.25) is 9.78 Å². The van der Waals surface area contributed by atoms with Crippen LogP contribution in [-0.2, 0) is 0 Å². The zero-order valence-electron chi connectivity index (χ0n) is 12.2. The summed E-state index contributed by atoms with van der Waals surface area (Å²) >= 11 is 5.98. The fourth-order valence-electron chi connectivity index (χ4n) is 2.16. The van der Waals surface area contributed by atoms with Crippen LogP contribution in [0.4, 0.5) is 0 Å². The number of rotatable bonds is 1. The van der Waals surface area contributed by atoms with Gasteiger partial charge in [0.15, 0.2) is 0 Å². The van der Waals surface area contributed by atoms with Gasteiger partial charge in [-0.2, -0.15) is 0 Å². The molecule has 0 saturated carbocycles. The van der Waals surface area contributed by atoms with Crippen molar-refractivity contribution in [3.8, 4) is 5.75 Å². The molecule has 1 heterocycles. The molecule has 0 saturated heterocycles. The standard InChI is InChI=1S/C15H10ClNO2.C2H6/c1-19-13-8-9-7-10(16)4-5-11(9)15(18)14-12(13)3-2-6-17-14;1-2/h2-8H,1H3;1-2H3. The molecule has 0 atom stereocenters. The maximum atomic E-state index is 12.5. The van der Waals surface area contributed by atoms with Gasteiger partial charge < -0.3 is 4.74 Å². The van der Waals surface area contributed by atoms with Crippen LogP contribution < -0.4 is 10.2 Å². The van der Waals surface area contributed by atoms with Gasteiger partial charge in [0, 0.05) is 22.0 Å². The van der Waals surface area contributed by atoms with E-state index < -0.39 is 0 Å². The van der Waals surface area contributed by atoms with Crippen LogP contribution in [0.3, 0.4) is 0 Å². The van der Waals surface area contributed by atoms with Crippen molar-refractivity contribution in [1.82, 2.24) is 4.98 Å². The van der Waals surface area contributed by atoms with Gasteiger partial charge in [0.25, 0.3) is 0 Å². The summed E-state index contributed by atoms with van der Waals surface area (Å²) in [6.45, 7) is 4.00. The normalized spacial score (nSPS) is 10.1. The van der Waals surface area contributed by atoms with E-state index in [1.165, 1.54) is 0 Å². The monoisotopic (exact) mass is 301 g/mol. The molecule has 3 aromatic rings. The highest BCUT2D eigenvalue weighted by Crippen LogP contribution is 2.26. The summed E-state index contributed by atoms with van der Waals surface area (Å²) in [4.78, 5) is 16.7. The number of hydrogen-bond acceptors (Lipinski definition) is 3. The molecule has 21 heavy (non-hydrogen) atoms. The van der Waals surface area contributed by atoms with Gasteiger partial charge in [0.2, 0.25) is 5.43 Å². The zero-order chi connectivity index (χ0) is 15.4. The Morgan fingerprint density at radius 3 is 2.57 bits per heavy atom. The van der Waals surface area contributed by atoms with E-state index in [4.69, 9.17) is 16.3 Å². The fourth-order valence-corrected chi connectivity index (χ4v) is 2.34. The van der Waals surface area contributed by atoms with E-state index in [1.54, 1.807) is 37.6 Å². The Balaban J connectivity index is 0.000000774. The van der Waals surface area contributed by atoms with Crippen LogP contribution in [0.15, 0.2) is 47.4 Å². The second kappa shape index (κ2) is 6.55. The second-order valence-electron chi connectivity index (χ2n) is 4.17. The quantitative estimate of drug-likeness (QED) is 0.667. The first-order valence-corrected chi connectivity index (χ1v) is 7.14. The van der Waals surface area contributed by atoms with Crippen molar-refractivity contribution in [3.63, 3.8) is 0 Å². The number of pyridine rings is 1. The lowest BCUT2D eigenvalue weighted by molar-refractivity contribution is 0.420. The van der Waals surface area contributed by atoms with Crippen molar-refractivity contribution in [2.45, 2.75) is 13.8 Å². The third-order valence-electron chi connectivity index (χ3n) is 3.05. The summed E-state index contributed by atoms with van der Waals surface area (Å²) in [6, 6.07) is 10.6. The number of fused-ring (bicyclic) bond motifs is 2. The van der Waals surface area contributed by atoms with E-state index in [0.29, 0.717) is 27.1 Å². The minimum absolute atomic E-state index is 0.120. The second-order valence-corrected chi connectivity index (χ2v) is 4.61. The average molecular weight is 302 g/mol. The van der Waals surface area contributed by atoms with Crippen molar-refractivity contribution in [3.05, 3.63) is 57.8 Å². The number of aromatic nitrogens is 1. The van der Waals surface area contributed by atoms with Crippen LogP contribution in [0, 0.1) is 0 Å². The molecular formula is C17H16ClNO2. The number of methoxy groups -OCH3 is 1. The Hall–Kier alpha value is -2.13. The Labute approximate surface area is 128 Å². The predicted octanol–water partition coefficient (Wildman–Crippen LogP) is 4.44. The molecule has 3 rings (SSSR count). The van der Waals surface area contributed by atoms with Crippen molar-refractivity contribution in [1.29, 1.82) is 0 Å². The van der Waals surface area contributed by atoms with E-state index in [-0.39, 0.29) is 5.43 Å². The molecule has 0 unspecified atom stereocenters.